The molecule has 0 unspecified atom stereocenters. The van der Waals surface area contributed by atoms with Gasteiger partial charge in [-0.15, -0.1) is 0 Å². The van der Waals surface area contributed by atoms with Gasteiger partial charge in [-0.1, -0.05) is 80.1 Å². The second-order valence-corrected chi connectivity index (χ2v) is 5.64. The summed E-state index contributed by atoms with van der Waals surface area (Å²) in [6.45, 7) is 10.4. The van der Waals surface area contributed by atoms with Crippen molar-refractivity contribution < 1.29 is 0 Å². The molecule has 0 bridgehead atoms. The van der Waals surface area contributed by atoms with E-state index in [2.05, 4.69) is 87.5 Å². The molecule has 0 radical (unpaired) electrons. The standard InChI is InChI=1S/C21H20.C2H6/c1-4-5-17-8-9-19(13-16(17)3)21-11-10-18-12-15(2)6-7-20(18)14-21;1-2/h4-14H,1-3H3;1-2H3/b5-4-;. The summed E-state index contributed by atoms with van der Waals surface area (Å²) in [6, 6.07) is 20.0. The van der Waals surface area contributed by atoms with Crippen LogP contribution in [0.4, 0.5) is 0 Å². The van der Waals surface area contributed by atoms with E-state index in [4.69, 9.17) is 0 Å². The minimum atomic E-state index is 1.28. The Bertz CT molecular complexity index is 823. The van der Waals surface area contributed by atoms with Crippen LogP contribution in [0.2, 0.25) is 0 Å². The summed E-state index contributed by atoms with van der Waals surface area (Å²) in [6.07, 6.45) is 4.24. The molecule has 0 aromatic heterocycles. The van der Waals surface area contributed by atoms with E-state index in [1.165, 1.54) is 38.6 Å². The van der Waals surface area contributed by atoms with Crippen LogP contribution >= 0.6 is 0 Å². The Balaban J connectivity index is 0.000000924. The van der Waals surface area contributed by atoms with Gasteiger partial charge in [0.15, 0.2) is 0 Å². The van der Waals surface area contributed by atoms with Gasteiger partial charge < -0.3 is 0 Å². The molecule has 118 valence electrons. The molecule has 0 amide bonds. The lowest BCUT2D eigenvalue weighted by molar-refractivity contribution is 1.44. The minimum absolute atomic E-state index is 1.28. The summed E-state index contributed by atoms with van der Waals surface area (Å²) in [5.74, 6) is 0. The Hall–Kier alpha value is -2.34. The van der Waals surface area contributed by atoms with E-state index in [1.54, 1.807) is 0 Å². The summed E-state index contributed by atoms with van der Waals surface area (Å²) < 4.78 is 0. The van der Waals surface area contributed by atoms with Crippen LogP contribution in [-0.2, 0) is 0 Å². The molecule has 0 saturated heterocycles. The highest BCUT2D eigenvalue weighted by Crippen LogP contribution is 2.27. The van der Waals surface area contributed by atoms with Crippen LogP contribution in [0.3, 0.4) is 0 Å². The summed E-state index contributed by atoms with van der Waals surface area (Å²) in [4.78, 5) is 0. The first-order valence-electron chi connectivity index (χ1n) is 8.41. The highest BCUT2D eigenvalue weighted by molar-refractivity contribution is 5.88. The Kier molecular flexibility index (Phi) is 5.76. The first-order chi connectivity index (χ1) is 11.2. The lowest BCUT2D eigenvalue weighted by Crippen LogP contribution is -1.84. The molecule has 3 rings (SSSR count). The third-order valence-corrected chi connectivity index (χ3v) is 3.95. The number of rotatable bonds is 2. The molecule has 0 fully saturated rings. The van der Waals surface area contributed by atoms with Gasteiger partial charge >= 0.3 is 0 Å². The van der Waals surface area contributed by atoms with Crippen LogP contribution in [0.5, 0.6) is 0 Å². The van der Waals surface area contributed by atoms with Crippen molar-refractivity contribution in [3.63, 3.8) is 0 Å². The van der Waals surface area contributed by atoms with E-state index >= 15 is 0 Å². The van der Waals surface area contributed by atoms with Gasteiger partial charge in [0.1, 0.15) is 0 Å². The summed E-state index contributed by atoms with van der Waals surface area (Å²) in [7, 11) is 0. The van der Waals surface area contributed by atoms with Crippen molar-refractivity contribution in [2.24, 2.45) is 0 Å². The maximum absolute atomic E-state index is 2.28. The fraction of sp³-hybridized carbons (Fsp3) is 0.217. The van der Waals surface area contributed by atoms with Crippen LogP contribution < -0.4 is 0 Å². The predicted octanol–water partition coefficient (Wildman–Crippen LogP) is 7.18. The largest absolute Gasteiger partial charge is 0.0871 e. The van der Waals surface area contributed by atoms with Crippen LogP contribution in [0.15, 0.2) is 60.7 Å². The van der Waals surface area contributed by atoms with Crippen LogP contribution in [0.1, 0.15) is 37.5 Å². The van der Waals surface area contributed by atoms with Crippen LogP contribution in [0, 0.1) is 13.8 Å². The normalized spacial score (nSPS) is 10.7. The Morgan fingerprint density at radius 1 is 0.696 bits per heavy atom. The molecule has 0 atom stereocenters. The van der Waals surface area contributed by atoms with Crippen molar-refractivity contribution in [2.45, 2.75) is 34.6 Å². The molecule has 0 nitrogen and oxygen atoms in total. The van der Waals surface area contributed by atoms with Gasteiger partial charge in [0.2, 0.25) is 0 Å². The Morgan fingerprint density at radius 3 is 2.00 bits per heavy atom. The smallest absolute Gasteiger partial charge is 0.0178 e. The highest BCUT2D eigenvalue weighted by atomic mass is 14.1. The van der Waals surface area contributed by atoms with Crippen molar-refractivity contribution >= 4 is 16.8 Å². The number of allylic oxidation sites excluding steroid dienone is 1. The monoisotopic (exact) mass is 302 g/mol. The number of benzene rings is 3. The van der Waals surface area contributed by atoms with Crippen LogP contribution in [0.25, 0.3) is 28.0 Å². The number of hydrogen-bond donors (Lipinski definition) is 0. The third kappa shape index (κ3) is 3.90. The van der Waals surface area contributed by atoms with Crippen LogP contribution in [-0.4, -0.2) is 0 Å². The molecule has 0 aliphatic rings. The van der Waals surface area contributed by atoms with Crippen molar-refractivity contribution in [3.8, 4) is 11.1 Å². The number of hydrogen-bond acceptors (Lipinski definition) is 0. The van der Waals surface area contributed by atoms with E-state index in [1.807, 2.05) is 13.8 Å². The molecule has 3 aromatic rings. The molecule has 0 heterocycles. The summed E-state index contributed by atoms with van der Waals surface area (Å²) in [5.41, 5.74) is 6.47. The summed E-state index contributed by atoms with van der Waals surface area (Å²) in [5, 5.41) is 2.61. The van der Waals surface area contributed by atoms with E-state index < -0.39 is 0 Å². The molecule has 0 heteroatoms. The van der Waals surface area contributed by atoms with Gasteiger partial charge in [0.25, 0.3) is 0 Å². The summed E-state index contributed by atoms with van der Waals surface area (Å²) >= 11 is 0. The molecule has 0 N–H and O–H groups in total. The van der Waals surface area contributed by atoms with E-state index in [0.717, 1.165) is 0 Å². The topological polar surface area (TPSA) is 0 Å². The maximum atomic E-state index is 2.28. The van der Waals surface area contributed by atoms with E-state index in [-0.39, 0.29) is 0 Å². The van der Waals surface area contributed by atoms with Gasteiger partial charge in [-0.05, 0) is 59.9 Å². The van der Waals surface area contributed by atoms with Crippen molar-refractivity contribution in [1.29, 1.82) is 0 Å². The van der Waals surface area contributed by atoms with Gasteiger partial charge in [0, 0.05) is 0 Å². The lowest BCUT2D eigenvalue weighted by Gasteiger charge is -2.08. The predicted molar refractivity (Wildman–Crippen MR) is 105 cm³/mol. The Morgan fingerprint density at radius 2 is 1.30 bits per heavy atom. The van der Waals surface area contributed by atoms with Crippen molar-refractivity contribution in [2.75, 3.05) is 0 Å². The fourth-order valence-corrected chi connectivity index (χ4v) is 2.77. The average Bonchev–Trinajstić information content (AvgIpc) is 2.58. The molecular formula is C23H26. The highest BCUT2D eigenvalue weighted by Gasteiger charge is 2.02. The van der Waals surface area contributed by atoms with E-state index in [9.17, 15) is 0 Å². The lowest BCUT2D eigenvalue weighted by atomic mass is 9.97. The number of aryl methyl sites for hydroxylation is 2. The van der Waals surface area contributed by atoms with Crippen molar-refractivity contribution in [1.82, 2.24) is 0 Å². The zero-order chi connectivity index (χ0) is 16.8. The van der Waals surface area contributed by atoms with Gasteiger partial charge in [-0.25, -0.2) is 0 Å². The van der Waals surface area contributed by atoms with Gasteiger partial charge in [-0.2, -0.15) is 0 Å². The number of fused-ring (bicyclic) bond motifs is 1. The first-order valence-corrected chi connectivity index (χ1v) is 8.41. The zero-order valence-corrected chi connectivity index (χ0v) is 14.9. The zero-order valence-electron chi connectivity index (χ0n) is 14.9. The molecular weight excluding hydrogens is 276 g/mol. The first kappa shape index (κ1) is 17.0. The van der Waals surface area contributed by atoms with Crippen molar-refractivity contribution in [3.05, 3.63) is 77.4 Å². The average molecular weight is 302 g/mol. The molecule has 0 aliphatic carbocycles. The SMILES string of the molecule is C/C=C\c1ccc(-c2ccc3cc(C)ccc3c2)cc1C.CC. The second kappa shape index (κ2) is 7.78. The van der Waals surface area contributed by atoms with E-state index in [0.29, 0.717) is 0 Å². The second-order valence-electron chi connectivity index (χ2n) is 5.64. The molecule has 0 saturated carbocycles. The fourth-order valence-electron chi connectivity index (χ4n) is 2.77. The maximum Gasteiger partial charge on any atom is -0.0178 e. The molecule has 23 heavy (non-hydrogen) atoms. The molecule has 0 aliphatic heterocycles. The Labute approximate surface area is 140 Å². The third-order valence-electron chi connectivity index (χ3n) is 3.95. The molecule has 3 aromatic carbocycles. The van der Waals surface area contributed by atoms with Gasteiger partial charge in [0.05, 0.1) is 0 Å². The molecule has 0 spiro atoms. The van der Waals surface area contributed by atoms with Gasteiger partial charge in [-0.3, -0.25) is 0 Å². The quantitative estimate of drug-likeness (QED) is 0.470. The minimum Gasteiger partial charge on any atom is -0.0871 e.